The van der Waals surface area contributed by atoms with Crippen molar-refractivity contribution >= 4 is 36.2 Å². The zero-order valence-electron chi connectivity index (χ0n) is 22.1. The van der Waals surface area contributed by atoms with Crippen molar-refractivity contribution in [3.8, 4) is 0 Å². The van der Waals surface area contributed by atoms with Crippen molar-refractivity contribution in [3.05, 3.63) is 0 Å². The first kappa shape index (κ1) is 26.1. The van der Waals surface area contributed by atoms with Crippen molar-refractivity contribution in [3.63, 3.8) is 0 Å². The summed E-state index contributed by atoms with van der Waals surface area (Å²) >= 11 is 9.62. The molecule has 11 atom stereocenters. The van der Waals surface area contributed by atoms with Crippen LogP contribution < -0.4 is 0 Å². The van der Waals surface area contributed by atoms with Crippen LogP contribution in [0, 0.1) is 52.3 Å². The highest BCUT2D eigenvalue weighted by Crippen LogP contribution is 2.69. The molecule has 32 heavy (non-hydrogen) atoms. The first-order chi connectivity index (χ1) is 15.2. The first-order valence-electron chi connectivity index (χ1n) is 13.9. The summed E-state index contributed by atoms with van der Waals surface area (Å²) in [6.07, 6.45) is 19.3. The van der Waals surface area contributed by atoms with Gasteiger partial charge in [-0.3, -0.25) is 0 Å². The van der Waals surface area contributed by atoms with Crippen molar-refractivity contribution in [1.82, 2.24) is 0 Å². The molecule has 4 rings (SSSR count). The Hall–Kier alpha value is 1.05. The van der Waals surface area contributed by atoms with Gasteiger partial charge in [0, 0.05) is 15.7 Å². The van der Waals surface area contributed by atoms with Crippen molar-refractivity contribution in [2.75, 3.05) is 12.5 Å². The van der Waals surface area contributed by atoms with E-state index in [9.17, 15) is 0 Å². The minimum absolute atomic E-state index is 0.577. The summed E-state index contributed by atoms with van der Waals surface area (Å²) in [5, 5.41) is 2.40. The summed E-state index contributed by atoms with van der Waals surface area (Å²) in [6, 6.07) is 0. The summed E-state index contributed by atoms with van der Waals surface area (Å²) in [5.41, 5.74) is 1.18. The molecule has 0 aromatic rings. The van der Waals surface area contributed by atoms with Gasteiger partial charge in [-0.2, -0.15) is 36.2 Å². The van der Waals surface area contributed by atoms with E-state index in [1.54, 1.807) is 0 Å². The molecular formula is C29H52S3. The number of thiol groups is 1. The minimum Gasteiger partial charge on any atom is -0.176 e. The van der Waals surface area contributed by atoms with Crippen LogP contribution in [0.1, 0.15) is 98.8 Å². The molecule has 0 bridgehead atoms. The lowest BCUT2D eigenvalue weighted by atomic mass is 9.44. The van der Waals surface area contributed by atoms with E-state index in [0.717, 1.165) is 51.9 Å². The molecule has 0 heterocycles. The second-order valence-electron chi connectivity index (χ2n) is 13.2. The number of hydrogen-bond acceptors (Lipinski definition) is 3. The highest BCUT2D eigenvalue weighted by Gasteiger charge is 2.62. The van der Waals surface area contributed by atoms with Crippen LogP contribution in [0.15, 0.2) is 0 Å². The number of thioether (sulfide) groups is 2. The van der Waals surface area contributed by atoms with E-state index in [4.69, 9.17) is 12.6 Å². The van der Waals surface area contributed by atoms with Gasteiger partial charge in [0.1, 0.15) is 0 Å². The predicted molar refractivity (Wildman–Crippen MR) is 151 cm³/mol. The Morgan fingerprint density at radius 3 is 2.22 bits per heavy atom. The van der Waals surface area contributed by atoms with Gasteiger partial charge in [-0.15, -0.1) is 0 Å². The third kappa shape index (κ3) is 4.49. The summed E-state index contributed by atoms with van der Waals surface area (Å²) in [6.45, 7) is 12.9. The van der Waals surface area contributed by atoms with Gasteiger partial charge in [0.25, 0.3) is 0 Å². The van der Waals surface area contributed by atoms with Crippen LogP contribution in [0.3, 0.4) is 0 Å². The zero-order chi connectivity index (χ0) is 23.3. The maximum atomic E-state index is 5.39. The van der Waals surface area contributed by atoms with E-state index in [0.29, 0.717) is 16.1 Å². The molecular weight excluding hydrogens is 445 g/mol. The molecule has 0 aromatic heterocycles. The van der Waals surface area contributed by atoms with E-state index in [1.807, 2.05) is 0 Å². The average molecular weight is 497 g/mol. The molecule has 0 amide bonds. The number of hydrogen-bond donors (Lipinski definition) is 1. The van der Waals surface area contributed by atoms with Crippen molar-refractivity contribution in [2.24, 2.45) is 52.3 Å². The molecule has 0 aromatic carbocycles. The smallest absolute Gasteiger partial charge is 0.00673 e. The maximum Gasteiger partial charge on any atom is 0.00673 e. The molecule has 0 saturated heterocycles. The summed E-state index contributed by atoms with van der Waals surface area (Å²) in [7, 11) is 0. The molecule has 4 saturated carbocycles. The molecule has 0 aliphatic heterocycles. The van der Waals surface area contributed by atoms with Crippen molar-refractivity contribution in [2.45, 2.75) is 115 Å². The zero-order valence-corrected chi connectivity index (χ0v) is 24.6. The van der Waals surface area contributed by atoms with Crippen LogP contribution >= 0.6 is 36.2 Å². The van der Waals surface area contributed by atoms with E-state index in [1.165, 1.54) is 64.2 Å². The first-order valence-corrected chi connectivity index (χ1v) is 17.0. The van der Waals surface area contributed by atoms with Crippen LogP contribution in [0.2, 0.25) is 0 Å². The van der Waals surface area contributed by atoms with E-state index in [2.05, 4.69) is 70.7 Å². The Bertz CT molecular complexity index is 634. The summed E-state index contributed by atoms with van der Waals surface area (Å²) in [5.74, 6) is 6.34. The molecule has 11 unspecified atom stereocenters. The number of fused-ring (bicyclic) bond motifs is 5. The minimum atomic E-state index is 0.577. The molecule has 0 spiro atoms. The van der Waals surface area contributed by atoms with Gasteiger partial charge in [-0.05, 0) is 129 Å². The Morgan fingerprint density at radius 2 is 1.56 bits per heavy atom. The van der Waals surface area contributed by atoms with E-state index >= 15 is 0 Å². The fourth-order valence-corrected chi connectivity index (χ4v) is 12.1. The fraction of sp³-hybridized carbons (Fsp3) is 1.00. The van der Waals surface area contributed by atoms with Crippen LogP contribution in [0.5, 0.6) is 0 Å². The molecule has 0 radical (unpaired) electrons. The maximum absolute atomic E-state index is 5.39. The van der Waals surface area contributed by atoms with Crippen LogP contribution in [0.25, 0.3) is 0 Å². The molecule has 4 aliphatic carbocycles. The fourth-order valence-electron chi connectivity index (χ4n) is 9.72. The molecule has 186 valence electrons. The van der Waals surface area contributed by atoms with Crippen molar-refractivity contribution < 1.29 is 0 Å². The van der Waals surface area contributed by atoms with Crippen LogP contribution in [0.4, 0.5) is 0 Å². The third-order valence-corrected chi connectivity index (χ3v) is 14.7. The SMILES string of the molecule is CSC1CCC2(C)C(C1)CC(S)C1C2CCC2(C)C(C(C)CCC(SC)C(C)C)CCC12. The van der Waals surface area contributed by atoms with Crippen LogP contribution in [-0.4, -0.2) is 28.3 Å². The topological polar surface area (TPSA) is 0 Å². The molecule has 3 heteroatoms. The Labute approximate surface area is 214 Å². The van der Waals surface area contributed by atoms with E-state index in [-0.39, 0.29) is 0 Å². The lowest BCUT2D eigenvalue weighted by Gasteiger charge is -2.63. The normalized spacial score (nSPS) is 48.1. The van der Waals surface area contributed by atoms with E-state index < -0.39 is 0 Å². The highest BCUT2D eigenvalue weighted by molar-refractivity contribution is 7.99. The van der Waals surface area contributed by atoms with Crippen LogP contribution in [-0.2, 0) is 0 Å². The standard InChI is InChI=1S/C29H52S3/c1-18(2)26(32-7)11-8-19(3)22-9-10-23-27-24(13-15-29(22,23)5)28(4)14-12-21(31-6)16-20(28)17-25(27)30/h18-27,30H,8-17H2,1-7H3. The Morgan fingerprint density at radius 1 is 0.875 bits per heavy atom. The lowest BCUT2D eigenvalue weighted by molar-refractivity contribution is -0.109. The van der Waals surface area contributed by atoms with Gasteiger partial charge in [0.15, 0.2) is 0 Å². The van der Waals surface area contributed by atoms with Gasteiger partial charge >= 0.3 is 0 Å². The summed E-state index contributed by atoms with van der Waals surface area (Å²) < 4.78 is 0. The molecule has 0 nitrogen and oxygen atoms in total. The monoisotopic (exact) mass is 496 g/mol. The van der Waals surface area contributed by atoms with Gasteiger partial charge < -0.3 is 0 Å². The van der Waals surface area contributed by atoms with Gasteiger partial charge in [-0.1, -0.05) is 34.6 Å². The predicted octanol–water partition coefficient (Wildman–Crippen LogP) is 9.09. The van der Waals surface area contributed by atoms with Gasteiger partial charge in [-0.25, -0.2) is 0 Å². The molecule has 4 fully saturated rings. The third-order valence-electron chi connectivity index (χ3n) is 11.7. The van der Waals surface area contributed by atoms with Crippen molar-refractivity contribution in [1.29, 1.82) is 0 Å². The second kappa shape index (κ2) is 10.2. The largest absolute Gasteiger partial charge is 0.176 e. The molecule has 0 N–H and O–H groups in total. The van der Waals surface area contributed by atoms with Gasteiger partial charge in [0.05, 0.1) is 0 Å². The lowest BCUT2D eigenvalue weighted by Crippen LogP contribution is -2.57. The Kier molecular flexibility index (Phi) is 8.32. The Balaban J connectivity index is 1.48. The molecule has 4 aliphatic rings. The average Bonchev–Trinajstić information content (AvgIpc) is 3.11. The summed E-state index contributed by atoms with van der Waals surface area (Å²) in [4.78, 5) is 0. The highest BCUT2D eigenvalue weighted by atomic mass is 32.2. The number of rotatable bonds is 7. The second-order valence-corrected chi connectivity index (χ2v) is 16.1. The van der Waals surface area contributed by atoms with Gasteiger partial charge in [0.2, 0.25) is 0 Å². The quantitative estimate of drug-likeness (QED) is 0.349.